The number of aryl methyl sites for hydroxylation is 2. The lowest BCUT2D eigenvalue weighted by molar-refractivity contribution is -0.192. The second-order valence-corrected chi connectivity index (χ2v) is 10.6. The minimum absolute atomic E-state index is 0.0200. The predicted molar refractivity (Wildman–Crippen MR) is 147 cm³/mol. The number of carboxylic acid groups (broad SMARTS) is 2. The second kappa shape index (κ2) is 13.1. The third-order valence-corrected chi connectivity index (χ3v) is 7.54. The monoisotopic (exact) mass is 624 g/mol. The van der Waals surface area contributed by atoms with Gasteiger partial charge in [-0.1, -0.05) is 56.4 Å². The third kappa shape index (κ3) is 7.03. The normalized spacial score (nSPS) is 13.9. The smallest absolute Gasteiger partial charge is 0.478 e. The van der Waals surface area contributed by atoms with Crippen LogP contribution in [-0.4, -0.2) is 38.3 Å². The summed E-state index contributed by atoms with van der Waals surface area (Å²) in [6.45, 7) is 1.59. The first-order chi connectivity index (χ1) is 20.7. The maximum absolute atomic E-state index is 15.3. The Morgan fingerprint density at radius 2 is 1.39 bits per heavy atom. The largest absolute Gasteiger partial charge is 0.490 e. The molecule has 1 aromatic heterocycles. The van der Waals surface area contributed by atoms with E-state index in [0.717, 1.165) is 24.5 Å². The van der Waals surface area contributed by atoms with Crippen molar-refractivity contribution in [1.29, 1.82) is 0 Å². The Bertz CT molecular complexity index is 1660. The average molecular weight is 625 g/mol. The number of imidazole rings is 1. The highest BCUT2D eigenvalue weighted by molar-refractivity contribution is 6.03. The molecular formula is C31H27F7N2O4. The summed E-state index contributed by atoms with van der Waals surface area (Å²) in [4.78, 5) is 27.5. The van der Waals surface area contributed by atoms with Crippen molar-refractivity contribution in [3.8, 4) is 22.3 Å². The van der Waals surface area contributed by atoms with E-state index in [2.05, 4.69) is 9.97 Å². The number of carbonyl (C=O) groups is 2. The highest BCUT2D eigenvalue weighted by atomic mass is 19.4. The standard InChI is InChI=1S/C29H26F4N2O2.C2HF3O2/c1-15-34-21-14-19(13-20(29(36)37)28(21)35-15)23-26(32)24(30)22(25(31)27(23)33)18-11-9-17(10-12-18)8-7-16-5-3-2-4-6-16;3-2(4,5)1(6)7/h9-14,16H,2-8H2,1H3,(H,34,35)(H,36,37);(H,6,7). The quantitative estimate of drug-likeness (QED) is 0.147. The van der Waals surface area contributed by atoms with Crippen molar-refractivity contribution in [3.05, 3.63) is 76.6 Å². The average Bonchev–Trinajstić information content (AvgIpc) is 3.35. The van der Waals surface area contributed by atoms with Crippen LogP contribution in [0.2, 0.25) is 0 Å². The van der Waals surface area contributed by atoms with Crippen LogP contribution in [0.5, 0.6) is 0 Å². The first-order valence-electron chi connectivity index (χ1n) is 13.7. The number of nitrogens with one attached hydrogen (secondary N) is 1. The molecule has 0 radical (unpaired) electrons. The van der Waals surface area contributed by atoms with Crippen molar-refractivity contribution in [2.75, 3.05) is 0 Å². The van der Waals surface area contributed by atoms with Crippen LogP contribution in [0.3, 0.4) is 0 Å². The minimum Gasteiger partial charge on any atom is -0.478 e. The van der Waals surface area contributed by atoms with Crippen LogP contribution in [0.25, 0.3) is 33.3 Å². The molecule has 0 aliphatic heterocycles. The fourth-order valence-electron chi connectivity index (χ4n) is 5.37. The SMILES string of the molecule is Cc1nc2c(C(=O)O)cc(-c3c(F)c(F)c(-c4ccc(CCC5CCCCC5)cc4)c(F)c3F)cc2[nH]1.O=C(O)C(F)(F)F. The molecule has 3 N–H and O–H groups in total. The number of aromatic nitrogens is 2. The molecule has 0 bridgehead atoms. The fourth-order valence-corrected chi connectivity index (χ4v) is 5.37. The van der Waals surface area contributed by atoms with E-state index in [-0.39, 0.29) is 27.7 Å². The molecule has 1 aliphatic rings. The van der Waals surface area contributed by atoms with Gasteiger partial charge in [-0.3, -0.25) is 0 Å². The van der Waals surface area contributed by atoms with Crippen molar-refractivity contribution in [2.45, 2.75) is 58.0 Å². The first-order valence-corrected chi connectivity index (χ1v) is 13.7. The van der Waals surface area contributed by atoms with Gasteiger partial charge < -0.3 is 15.2 Å². The molecule has 3 aromatic carbocycles. The minimum atomic E-state index is -5.08. The van der Waals surface area contributed by atoms with Crippen LogP contribution in [0.4, 0.5) is 30.7 Å². The van der Waals surface area contributed by atoms with Crippen molar-refractivity contribution < 1.29 is 50.5 Å². The van der Waals surface area contributed by atoms with Gasteiger partial charge in [0.1, 0.15) is 11.3 Å². The number of nitrogens with zero attached hydrogens (tertiary/aromatic N) is 1. The van der Waals surface area contributed by atoms with Crippen molar-refractivity contribution in [3.63, 3.8) is 0 Å². The summed E-state index contributed by atoms with van der Waals surface area (Å²) < 4.78 is 92.7. The van der Waals surface area contributed by atoms with Gasteiger partial charge in [0.15, 0.2) is 23.3 Å². The molecule has 13 heteroatoms. The number of rotatable bonds is 6. The molecule has 6 nitrogen and oxygen atoms in total. The summed E-state index contributed by atoms with van der Waals surface area (Å²) >= 11 is 0. The number of aromatic amines is 1. The summed E-state index contributed by atoms with van der Waals surface area (Å²) in [5, 5.41) is 16.7. The maximum Gasteiger partial charge on any atom is 0.490 e. The summed E-state index contributed by atoms with van der Waals surface area (Å²) in [5.74, 6) is -9.35. The number of carboxylic acids is 2. The molecule has 1 aliphatic carbocycles. The van der Waals surface area contributed by atoms with Crippen LogP contribution >= 0.6 is 0 Å². The molecule has 4 aromatic rings. The van der Waals surface area contributed by atoms with Crippen molar-refractivity contribution in [2.24, 2.45) is 5.92 Å². The number of fused-ring (bicyclic) bond motifs is 1. The van der Waals surface area contributed by atoms with E-state index in [1.807, 2.05) is 0 Å². The Hall–Kier alpha value is -4.42. The Balaban J connectivity index is 0.000000566. The number of aromatic carboxylic acids is 1. The molecule has 0 amide bonds. The predicted octanol–water partition coefficient (Wildman–Crippen LogP) is 8.61. The van der Waals surface area contributed by atoms with Gasteiger partial charge in [-0.25, -0.2) is 32.1 Å². The van der Waals surface area contributed by atoms with Gasteiger partial charge in [0.05, 0.1) is 22.2 Å². The molecule has 5 rings (SSSR count). The van der Waals surface area contributed by atoms with Gasteiger partial charge in [-0.2, -0.15) is 13.2 Å². The number of benzene rings is 3. The molecule has 1 heterocycles. The lowest BCUT2D eigenvalue weighted by Crippen LogP contribution is -2.21. The van der Waals surface area contributed by atoms with Crippen LogP contribution in [0, 0.1) is 36.1 Å². The Kier molecular flexibility index (Phi) is 9.65. The van der Waals surface area contributed by atoms with E-state index in [1.54, 1.807) is 19.1 Å². The highest BCUT2D eigenvalue weighted by Crippen LogP contribution is 2.38. The number of halogens is 7. The number of H-pyrrole nitrogens is 1. The van der Waals surface area contributed by atoms with Gasteiger partial charge in [-0.15, -0.1) is 0 Å². The molecule has 0 unspecified atom stereocenters. The van der Waals surface area contributed by atoms with E-state index in [4.69, 9.17) is 9.90 Å². The number of alkyl halides is 3. The molecule has 0 atom stereocenters. The van der Waals surface area contributed by atoms with Crippen molar-refractivity contribution in [1.82, 2.24) is 9.97 Å². The van der Waals surface area contributed by atoms with Crippen LogP contribution in [0.15, 0.2) is 36.4 Å². The van der Waals surface area contributed by atoms with Crippen LogP contribution in [0.1, 0.15) is 60.3 Å². The maximum atomic E-state index is 15.3. The molecule has 44 heavy (non-hydrogen) atoms. The Morgan fingerprint density at radius 3 is 1.89 bits per heavy atom. The summed E-state index contributed by atoms with van der Waals surface area (Å²) in [6, 6.07) is 8.59. The number of hydrogen-bond acceptors (Lipinski definition) is 3. The van der Waals surface area contributed by atoms with E-state index in [0.29, 0.717) is 11.7 Å². The van der Waals surface area contributed by atoms with Gasteiger partial charge in [-0.05, 0) is 54.5 Å². The Morgan fingerprint density at radius 1 is 0.864 bits per heavy atom. The lowest BCUT2D eigenvalue weighted by Gasteiger charge is -2.21. The summed E-state index contributed by atoms with van der Waals surface area (Å²) in [7, 11) is 0. The third-order valence-electron chi connectivity index (χ3n) is 7.54. The topological polar surface area (TPSA) is 103 Å². The molecule has 0 saturated heterocycles. The zero-order chi connectivity index (χ0) is 32.3. The van der Waals surface area contributed by atoms with Crippen molar-refractivity contribution >= 4 is 23.0 Å². The molecule has 0 spiro atoms. The molecule has 1 saturated carbocycles. The lowest BCUT2D eigenvalue weighted by atomic mass is 9.85. The summed E-state index contributed by atoms with van der Waals surface area (Å²) in [5.41, 5.74) is -1.15. The van der Waals surface area contributed by atoms with Gasteiger partial charge in [0.25, 0.3) is 0 Å². The van der Waals surface area contributed by atoms with Crippen LogP contribution in [-0.2, 0) is 11.2 Å². The Labute approximate surface area is 246 Å². The van der Waals surface area contributed by atoms with Gasteiger partial charge in [0, 0.05) is 0 Å². The van der Waals surface area contributed by atoms with Crippen LogP contribution < -0.4 is 0 Å². The first kappa shape index (κ1) is 32.5. The molecular weight excluding hydrogens is 597 g/mol. The number of aliphatic carboxylic acids is 1. The van der Waals surface area contributed by atoms with E-state index < -0.39 is 52.5 Å². The molecule has 234 valence electrons. The van der Waals surface area contributed by atoms with Gasteiger partial charge >= 0.3 is 18.1 Å². The summed E-state index contributed by atoms with van der Waals surface area (Å²) in [6.07, 6.45) is 3.02. The highest BCUT2D eigenvalue weighted by Gasteiger charge is 2.38. The van der Waals surface area contributed by atoms with Gasteiger partial charge in [0.2, 0.25) is 0 Å². The zero-order valence-corrected chi connectivity index (χ0v) is 23.3. The fraction of sp³-hybridized carbons (Fsp3) is 0.323. The van der Waals surface area contributed by atoms with E-state index >= 15 is 17.6 Å². The molecule has 1 fully saturated rings. The van der Waals surface area contributed by atoms with E-state index in [9.17, 15) is 23.1 Å². The zero-order valence-electron chi connectivity index (χ0n) is 23.3. The van der Waals surface area contributed by atoms with E-state index in [1.165, 1.54) is 50.3 Å². The number of hydrogen-bond donors (Lipinski definition) is 3. The second-order valence-electron chi connectivity index (χ2n) is 10.6.